The van der Waals surface area contributed by atoms with Crippen LogP contribution < -0.4 is 4.74 Å². The van der Waals surface area contributed by atoms with Gasteiger partial charge in [0.15, 0.2) is 6.23 Å². The molecule has 3 rings (SSSR count). The van der Waals surface area contributed by atoms with E-state index in [1.54, 1.807) is 0 Å². The minimum absolute atomic E-state index is 0.0337. The molecule has 19 heavy (non-hydrogen) atoms. The average Bonchev–Trinajstić information content (AvgIpc) is 2.38. The van der Waals surface area contributed by atoms with E-state index in [2.05, 4.69) is 24.1 Å². The van der Waals surface area contributed by atoms with E-state index in [0.717, 1.165) is 28.4 Å². The predicted octanol–water partition coefficient (Wildman–Crippen LogP) is 4.17. The van der Waals surface area contributed by atoms with Crippen molar-refractivity contribution < 1.29 is 4.74 Å². The molecule has 98 valence electrons. The smallest absolute Gasteiger partial charge is 0.179 e. The summed E-state index contributed by atoms with van der Waals surface area (Å²) >= 11 is 6.11. The highest BCUT2D eigenvalue weighted by Gasteiger charge is 2.27. The molecular formula is C16H16ClNO. The molecule has 2 aromatic rings. The van der Waals surface area contributed by atoms with Gasteiger partial charge >= 0.3 is 0 Å². The number of halogens is 1. The molecule has 2 aromatic carbocycles. The predicted molar refractivity (Wildman–Crippen MR) is 77.5 cm³/mol. The molecule has 0 spiro atoms. The van der Waals surface area contributed by atoms with Crippen LogP contribution in [0.1, 0.15) is 22.9 Å². The fourth-order valence-corrected chi connectivity index (χ4v) is 2.87. The Hall–Kier alpha value is -1.51. The molecule has 1 heterocycles. The van der Waals surface area contributed by atoms with Crippen LogP contribution in [0.3, 0.4) is 0 Å². The Morgan fingerprint density at radius 2 is 1.95 bits per heavy atom. The van der Waals surface area contributed by atoms with Gasteiger partial charge in [0, 0.05) is 22.7 Å². The lowest BCUT2D eigenvalue weighted by Gasteiger charge is -2.35. The molecule has 0 unspecified atom stereocenters. The van der Waals surface area contributed by atoms with Crippen molar-refractivity contribution in [2.45, 2.75) is 19.7 Å². The molecule has 0 aromatic heterocycles. The van der Waals surface area contributed by atoms with Crippen LogP contribution in [-0.2, 0) is 6.54 Å². The Kier molecular flexibility index (Phi) is 3.21. The third kappa shape index (κ3) is 2.34. The zero-order chi connectivity index (χ0) is 13.4. The van der Waals surface area contributed by atoms with Crippen LogP contribution in [0.4, 0.5) is 0 Å². The first-order valence-electron chi connectivity index (χ1n) is 6.36. The molecule has 1 aliphatic rings. The molecule has 0 bridgehead atoms. The van der Waals surface area contributed by atoms with Crippen LogP contribution in [-0.4, -0.2) is 11.9 Å². The van der Waals surface area contributed by atoms with Gasteiger partial charge < -0.3 is 4.74 Å². The SMILES string of the molecule is Cc1cc(Cl)cc2c1O[C@@H](c1ccccc1)N(C)C2. The van der Waals surface area contributed by atoms with E-state index in [1.807, 2.05) is 37.3 Å². The molecular weight excluding hydrogens is 258 g/mol. The van der Waals surface area contributed by atoms with E-state index in [0.29, 0.717) is 0 Å². The summed E-state index contributed by atoms with van der Waals surface area (Å²) < 4.78 is 6.18. The first-order valence-corrected chi connectivity index (χ1v) is 6.74. The summed E-state index contributed by atoms with van der Waals surface area (Å²) in [7, 11) is 2.07. The van der Waals surface area contributed by atoms with Crippen molar-refractivity contribution in [3.05, 3.63) is 64.2 Å². The van der Waals surface area contributed by atoms with Crippen LogP contribution in [0, 0.1) is 6.92 Å². The van der Waals surface area contributed by atoms with Crippen LogP contribution in [0.2, 0.25) is 5.02 Å². The van der Waals surface area contributed by atoms with Gasteiger partial charge in [0.05, 0.1) is 0 Å². The average molecular weight is 274 g/mol. The molecule has 1 atom stereocenters. The van der Waals surface area contributed by atoms with E-state index < -0.39 is 0 Å². The second kappa shape index (κ2) is 4.87. The number of hydrogen-bond donors (Lipinski definition) is 0. The maximum atomic E-state index is 6.18. The lowest BCUT2D eigenvalue weighted by atomic mass is 10.1. The second-order valence-electron chi connectivity index (χ2n) is 5.01. The van der Waals surface area contributed by atoms with Gasteiger partial charge in [0.1, 0.15) is 5.75 Å². The molecule has 0 N–H and O–H groups in total. The highest BCUT2D eigenvalue weighted by Crippen LogP contribution is 2.38. The second-order valence-corrected chi connectivity index (χ2v) is 5.44. The molecule has 1 aliphatic heterocycles. The van der Waals surface area contributed by atoms with E-state index in [4.69, 9.17) is 16.3 Å². The lowest BCUT2D eigenvalue weighted by molar-refractivity contribution is 0.0168. The summed E-state index contributed by atoms with van der Waals surface area (Å²) in [5, 5.41) is 0.770. The number of aryl methyl sites for hydroxylation is 1. The molecule has 3 heteroatoms. The number of ether oxygens (including phenoxy) is 1. The maximum Gasteiger partial charge on any atom is 0.179 e. The minimum Gasteiger partial charge on any atom is -0.470 e. The number of benzene rings is 2. The molecule has 0 saturated heterocycles. The van der Waals surface area contributed by atoms with Crippen LogP contribution in [0.15, 0.2) is 42.5 Å². The summed E-state index contributed by atoms with van der Waals surface area (Å²) in [5.41, 5.74) is 3.42. The lowest BCUT2D eigenvalue weighted by Crippen LogP contribution is -2.33. The standard InChI is InChI=1S/C16H16ClNO/c1-11-8-14(17)9-13-10-18(2)16(19-15(11)13)12-6-4-3-5-7-12/h3-9,16H,10H2,1-2H3/t16-/m0/s1. The van der Waals surface area contributed by atoms with Crippen molar-refractivity contribution in [2.75, 3.05) is 7.05 Å². The summed E-state index contributed by atoms with van der Waals surface area (Å²) in [6.45, 7) is 2.88. The van der Waals surface area contributed by atoms with Gasteiger partial charge in [-0.25, -0.2) is 0 Å². The summed E-state index contributed by atoms with van der Waals surface area (Å²) in [6.07, 6.45) is -0.0337. The number of hydrogen-bond acceptors (Lipinski definition) is 2. The van der Waals surface area contributed by atoms with Crippen molar-refractivity contribution in [1.29, 1.82) is 0 Å². The molecule has 0 fully saturated rings. The molecule has 0 saturated carbocycles. The molecule has 0 radical (unpaired) electrons. The van der Waals surface area contributed by atoms with Crippen LogP contribution in [0.5, 0.6) is 5.75 Å². The quantitative estimate of drug-likeness (QED) is 0.773. The van der Waals surface area contributed by atoms with Crippen molar-refractivity contribution in [3.8, 4) is 5.75 Å². The normalized spacial score (nSPS) is 18.8. The van der Waals surface area contributed by atoms with Gasteiger partial charge in [-0.1, -0.05) is 41.9 Å². The zero-order valence-corrected chi connectivity index (χ0v) is 11.8. The maximum absolute atomic E-state index is 6.18. The zero-order valence-electron chi connectivity index (χ0n) is 11.1. The van der Waals surface area contributed by atoms with Gasteiger partial charge in [-0.2, -0.15) is 0 Å². The largest absolute Gasteiger partial charge is 0.470 e. The Balaban J connectivity index is 2.00. The Bertz CT molecular complexity index is 597. The van der Waals surface area contributed by atoms with Gasteiger partial charge in [-0.15, -0.1) is 0 Å². The van der Waals surface area contributed by atoms with Gasteiger partial charge in [0.25, 0.3) is 0 Å². The van der Waals surface area contributed by atoms with Crippen molar-refractivity contribution in [2.24, 2.45) is 0 Å². The van der Waals surface area contributed by atoms with Gasteiger partial charge in [-0.3, -0.25) is 4.90 Å². The van der Waals surface area contributed by atoms with Crippen molar-refractivity contribution in [3.63, 3.8) is 0 Å². The van der Waals surface area contributed by atoms with Crippen LogP contribution in [0.25, 0.3) is 0 Å². The Morgan fingerprint density at radius 1 is 1.21 bits per heavy atom. The van der Waals surface area contributed by atoms with E-state index in [1.165, 1.54) is 5.56 Å². The molecule has 0 aliphatic carbocycles. The summed E-state index contributed by atoms with van der Waals surface area (Å²) in [6, 6.07) is 14.2. The minimum atomic E-state index is -0.0337. The van der Waals surface area contributed by atoms with Gasteiger partial charge in [0.2, 0.25) is 0 Å². The van der Waals surface area contributed by atoms with Crippen LogP contribution >= 0.6 is 11.6 Å². The van der Waals surface area contributed by atoms with E-state index in [-0.39, 0.29) is 6.23 Å². The number of rotatable bonds is 1. The summed E-state index contributed by atoms with van der Waals surface area (Å²) in [5.74, 6) is 0.969. The number of nitrogens with zero attached hydrogens (tertiary/aromatic N) is 1. The highest BCUT2D eigenvalue weighted by molar-refractivity contribution is 6.30. The van der Waals surface area contributed by atoms with Crippen molar-refractivity contribution >= 4 is 11.6 Å². The first-order chi connectivity index (χ1) is 9.15. The Morgan fingerprint density at radius 3 is 2.68 bits per heavy atom. The topological polar surface area (TPSA) is 12.5 Å². The fraction of sp³-hybridized carbons (Fsp3) is 0.250. The van der Waals surface area contributed by atoms with Crippen molar-refractivity contribution in [1.82, 2.24) is 4.90 Å². The van der Waals surface area contributed by atoms with E-state index >= 15 is 0 Å². The molecule has 0 amide bonds. The Labute approximate surface area is 118 Å². The monoisotopic (exact) mass is 273 g/mol. The third-order valence-electron chi connectivity index (χ3n) is 3.45. The fourth-order valence-electron chi connectivity index (χ4n) is 2.58. The number of fused-ring (bicyclic) bond motifs is 1. The van der Waals surface area contributed by atoms with E-state index in [9.17, 15) is 0 Å². The third-order valence-corrected chi connectivity index (χ3v) is 3.67. The molecule has 2 nitrogen and oxygen atoms in total. The first kappa shape index (κ1) is 12.5. The summed E-state index contributed by atoms with van der Waals surface area (Å²) in [4.78, 5) is 2.19. The van der Waals surface area contributed by atoms with Gasteiger partial charge in [-0.05, 0) is 31.7 Å². The highest BCUT2D eigenvalue weighted by atomic mass is 35.5.